The molecule has 0 heterocycles. The first-order valence-electron chi connectivity index (χ1n) is 6.22. The predicted molar refractivity (Wildman–Crippen MR) is 77.9 cm³/mol. The van der Waals surface area contributed by atoms with E-state index in [-0.39, 0.29) is 0 Å². The number of ketones is 1. The smallest absolute Gasteiger partial charge is 0.133 e. The minimum absolute atomic E-state index is 0.404. The van der Waals surface area contributed by atoms with Gasteiger partial charge < -0.3 is 0 Å². The Hall–Kier alpha value is -0.380. The minimum atomic E-state index is 0.404. The van der Waals surface area contributed by atoms with Gasteiger partial charge in [0.15, 0.2) is 0 Å². The van der Waals surface area contributed by atoms with Crippen LogP contribution >= 0.6 is 27.5 Å². The highest BCUT2D eigenvalue weighted by molar-refractivity contribution is 9.10. The zero-order valence-electron chi connectivity index (χ0n) is 10.5. The first-order valence-corrected chi connectivity index (χ1v) is 7.39. The summed E-state index contributed by atoms with van der Waals surface area (Å²) >= 11 is 9.64. The van der Waals surface area contributed by atoms with Crippen molar-refractivity contribution in [2.45, 2.75) is 38.3 Å². The van der Waals surface area contributed by atoms with Gasteiger partial charge in [0.05, 0.1) is 0 Å². The first kappa shape index (κ1) is 14.0. The van der Waals surface area contributed by atoms with Crippen LogP contribution < -0.4 is 0 Å². The molecule has 4 heteroatoms. The van der Waals surface area contributed by atoms with Crippen molar-refractivity contribution in [1.82, 2.24) is 4.90 Å². The Morgan fingerprint density at radius 3 is 2.67 bits per heavy atom. The lowest BCUT2D eigenvalue weighted by molar-refractivity contribution is -0.121. The molecule has 1 aromatic carbocycles. The number of halogens is 2. The van der Waals surface area contributed by atoms with Crippen molar-refractivity contribution in [3.8, 4) is 0 Å². The Balaban J connectivity index is 1.98. The van der Waals surface area contributed by atoms with Crippen molar-refractivity contribution in [1.29, 1.82) is 0 Å². The van der Waals surface area contributed by atoms with Gasteiger partial charge >= 0.3 is 0 Å². The normalized spacial score (nSPS) is 17.4. The van der Waals surface area contributed by atoms with Crippen LogP contribution in [0.15, 0.2) is 22.7 Å². The summed E-state index contributed by atoms with van der Waals surface area (Å²) in [5.74, 6) is 0.404. The molecule has 1 saturated carbocycles. The molecule has 0 aliphatic heterocycles. The standard InChI is InChI=1S/C14H17BrClNO/c1-17(12-4-6-13(18)7-5-12)9-10-2-3-11(15)8-14(10)16/h2-3,8,12H,4-7,9H2,1H3. The second-order valence-electron chi connectivity index (χ2n) is 4.92. The molecule has 2 rings (SSSR count). The van der Waals surface area contributed by atoms with Crippen LogP contribution in [0.1, 0.15) is 31.2 Å². The molecule has 2 nitrogen and oxygen atoms in total. The van der Waals surface area contributed by atoms with Gasteiger partial charge in [-0.05, 0) is 37.6 Å². The summed E-state index contributed by atoms with van der Waals surface area (Å²) in [4.78, 5) is 13.5. The fraction of sp³-hybridized carbons (Fsp3) is 0.500. The Morgan fingerprint density at radius 2 is 2.06 bits per heavy atom. The fourth-order valence-corrected chi connectivity index (χ4v) is 3.15. The van der Waals surface area contributed by atoms with E-state index in [4.69, 9.17) is 11.6 Å². The van der Waals surface area contributed by atoms with Crippen LogP contribution in [0.2, 0.25) is 5.02 Å². The lowest BCUT2D eigenvalue weighted by atomic mass is 9.93. The van der Waals surface area contributed by atoms with Crippen molar-refractivity contribution >= 4 is 33.3 Å². The summed E-state index contributed by atoms with van der Waals surface area (Å²) in [7, 11) is 2.11. The molecule has 1 fully saturated rings. The number of carbonyl (C=O) groups is 1. The van der Waals surface area contributed by atoms with Gasteiger partial charge in [-0.25, -0.2) is 0 Å². The quantitative estimate of drug-likeness (QED) is 0.833. The predicted octanol–water partition coefficient (Wildman–Crippen LogP) is 4.05. The highest BCUT2D eigenvalue weighted by atomic mass is 79.9. The number of nitrogens with zero attached hydrogens (tertiary/aromatic N) is 1. The number of Topliss-reactive ketones (excluding diaryl/α,β-unsaturated/α-hetero) is 1. The number of hydrogen-bond acceptors (Lipinski definition) is 2. The maximum absolute atomic E-state index is 11.2. The van der Waals surface area contributed by atoms with Crippen molar-refractivity contribution in [2.75, 3.05) is 7.05 Å². The van der Waals surface area contributed by atoms with Crippen LogP contribution in [0.4, 0.5) is 0 Å². The van der Waals surface area contributed by atoms with Gasteiger partial charge in [-0.2, -0.15) is 0 Å². The van der Waals surface area contributed by atoms with Gasteiger partial charge in [0.2, 0.25) is 0 Å². The minimum Gasteiger partial charge on any atom is -0.300 e. The van der Waals surface area contributed by atoms with E-state index in [0.29, 0.717) is 11.8 Å². The summed E-state index contributed by atoms with van der Waals surface area (Å²) in [6, 6.07) is 6.49. The number of benzene rings is 1. The average Bonchev–Trinajstić information content (AvgIpc) is 2.33. The van der Waals surface area contributed by atoms with Crippen molar-refractivity contribution < 1.29 is 4.79 Å². The third-order valence-electron chi connectivity index (χ3n) is 3.57. The fourth-order valence-electron chi connectivity index (χ4n) is 2.41. The first-order chi connectivity index (χ1) is 8.56. The third-order valence-corrected chi connectivity index (χ3v) is 4.42. The van der Waals surface area contributed by atoms with Gasteiger partial charge in [-0.1, -0.05) is 33.6 Å². The van der Waals surface area contributed by atoms with Crippen molar-refractivity contribution in [2.24, 2.45) is 0 Å². The van der Waals surface area contributed by atoms with Crippen LogP contribution in [0.5, 0.6) is 0 Å². The SMILES string of the molecule is CN(Cc1ccc(Br)cc1Cl)C1CCC(=O)CC1. The van der Waals surface area contributed by atoms with E-state index in [1.807, 2.05) is 12.1 Å². The number of carbonyl (C=O) groups excluding carboxylic acids is 1. The maximum Gasteiger partial charge on any atom is 0.133 e. The van der Waals surface area contributed by atoms with Crippen LogP contribution in [0, 0.1) is 0 Å². The molecule has 0 atom stereocenters. The van der Waals surface area contributed by atoms with Crippen LogP contribution in [-0.4, -0.2) is 23.8 Å². The van der Waals surface area contributed by atoms with Crippen molar-refractivity contribution in [3.05, 3.63) is 33.3 Å². The van der Waals surface area contributed by atoms with Crippen LogP contribution in [-0.2, 0) is 11.3 Å². The molecule has 0 radical (unpaired) electrons. The summed E-state index contributed by atoms with van der Waals surface area (Å²) in [6.45, 7) is 0.838. The molecule has 0 unspecified atom stereocenters. The van der Waals surface area contributed by atoms with Crippen LogP contribution in [0.25, 0.3) is 0 Å². The molecule has 0 bridgehead atoms. The Morgan fingerprint density at radius 1 is 1.39 bits per heavy atom. The summed E-state index contributed by atoms with van der Waals surface area (Å²) < 4.78 is 1.00. The average molecular weight is 331 g/mol. The monoisotopic (exact) mass is 329 g/mol. The summed E-state index contributed by atoms with van der Waals surface area (Å²) in [5.41, 5.74) is 1.14. The number of rotatable bonds is 3. The van der Waals surface area contributed by atoms with Gasteiger partial charge in [-0.3, -0.25) is 9.69 Å². The highest BCUT2D eigenvalue weighted by Gasteiger charge is 2.22. The molecule has 0 saturated heterocycles. The lowest BCUT2D eigenvalue weighted by Crippen LogP contribution is -2.34. The highest BCUT2D eigenvalue weighted by Crippen LogP contribution is 2.25. The lowest BCUT2D eigenvalue weighted by Gasteiger charge is -2.30. The summed E-state index contributed by atoms with van der Waals surface area (Å²) in [5, 5.41) is 0.795. The van der Waals surface area contributed by atoms with E-state index < -0.39 is 0 Å². The number of hydrogen-bond donors (Lipinski definition) is 0. The Bertz CT molecular complexity index is 439. The van der Waals surface area contributed by atoms with E-state index >= 15 is 0 Å². The van der Waals surface area contributed by atoms with E-state index in [0.717, 1.165) is 47.3 Å². The molecular weight excluding hydrogens is 314 g/mol. The molecule has 0 spiro atoms. The van der Waals surface area contributed by atoms with Gasteiger partial charge in [0.1, 0.15) is 5.78 Å². The zero-order chi connectivity index (χ0) is 13.1. The van der Waals surface area contributed by atoms with E-state index in [2.05, 4.69) is 33.9 Å². The second-order valence-corrected chi connectivity index (χ2v) is 6.24. The van der Waals surface area contributed by atoms with E-state index in [1.165, 1.54) is 0 Å². The van der Waals surface area contributed by atoms with Gasteiger partial charge in [0.25, 0.3) is 0 Å². The molecule has 98 valence electrons. The summed E-state index contributed by atoms with van der Waals surface area (Å²) in [6.07, 6.45) is 3.40. The van der Waals surface area contributed by atoms with Gasteiger partial charge in [-0.15, -0.1) is 0 Å². The molecule has 0 aromatic heterocycles. The van der Waals surface area contributed by atoms with E-state index in [1.54, 1.807) is 0 Å². The van der Waals surface area contributed by atoms with Crippen LogP contribution in [0.3, 0.4) is 0 Å². The van der Waals surface area contributed by atoms with E-state index in [9.17, 15) is 4.79 Å². The molecule has 18 heavy (non-hydrogen) atoms. The molecule has 1 aromatic rings. The molecule has 0 N–H and O–H groups in total. The zero-order valence-corrected chi connectivity index (χ0v) is 12.8. The van der Waals surface area contributed by atoms with Crippen molar-refractivity contribution in [3.63, 3.8) is 0 Å². The molecule has 1 aliphatic carbocycles. The Labute approximate surface area is 121 Å². The molecule has 1 aliphatic rings. The topological polar surface area (TPSA) is 20.3 Å². The second kappa shape index (κ2) is 6.18. The third kappa shape index (κ3) is 3.56. The molecular formula is C14H17BrClNO. The largest absolute Gasteiger partial charge is 0.300 e. The molecule has 0 amide bonds. The Kier molecular flexibility index (Phi) is 4.82. The maximum atomic E-state index is 11.2. The van der Waals surface area contributed by atoms with Gasteiger partial charge in [0, 0.05) is 34.9 Å².